The highest BCUT2D eigenvalue weighted by molar-refractivity contribution is 6.33. The van der Waals surface area contributed by atoms with Crippen LogP contribution in [0.5, 0.6) is 0 Å². The minimum absolute atomic E-state index is 0.140. The number of hydrogen-bond acceptors (Lipinski definition) is 3. The van der Waals surface area contributed by atoms with Crippen LogP contribution in [0.4, 0.5) is 11.5 Å². The number of anilines is 2. The normalized spacial score (nSPS) is 10.2. The van der Waals surface area contributed by atoms with Gasteiger partial charge in [0, 0.05) is 10.7 Å². The van der Waals surface area contributed by atoms with Crippen molar-refractivity contribution in [1.29, 1.82) is 0 Å². The second-order valence-electron chi connectivity index (χ2n) is 2.97. The van der Waals surface area contributed by atoms with Crippen LogP contribution in [0.25, 0.3) is 0 Å². The van der Waals surface area contributed by atoms with Crippen molar-refractivity contribution in [2.45, 2.75) is 0 Å². The summed E-state index contributed by atoms with van der Waals surface area (Å²) < 4.78 is 0. The van der Waals surface area contributed by atoms with Crippen molar-refractivity contribution in [2.75, 3.05) is 5.32 Å². The lowest BCUT2D eigenvalue weighted by molar-refractivity contribution is 1.17. The zero-order chi connectivity index (χ0) is 11.5. The SMILES string of the molecule is Clc1ccc(Nc2nc(Cl)ncc2Cl)cc1. The third-order valence-electron chi connectivity index (χ3n) is 1.82. The number of benzene rings is 1. The molecule has 0 spiro atoms. The van der Waals surface area contributed by atoms with Gasteiger partial charge >= 0.3 is 0 Å². The van der Waals surface area contributed by atoms with Crippen LogP contribution in [0.2, 0.25) is 15.3 Å². The van der Waals surface area contributed by atoms with Gasteiger partial charge in [-0.25, -0.2) is 4.98 Å². The Bertz CT molecular complexity index is 499. The summed E-state index contributed by atoms with van der Waals surface area (Å²) in [5.74, 6) is 0.462. The lowest BCUT2D eigenvalue weighted by Gasteiger charge is -2.06. The highest BCUT2D eigenvalue weighted by Crippen LogP contribution is 2.24. The first kappa shape index (κ1) is 11.5. The maximum Gasteiger partial charge on any atom is 0.224 e. The Morgan fingerprint density at radius 1 is 1.00 bits per heavy atom. The van der Waals surface area contributed by atoms with E-state index in [4.69, 9.17) is 34.8 Å². The third kappa shape index (κ3) is 2.76. The van der Waals surface area contributed by atoms with E-state index in [1.807, 2.05) is 12.1 Å². The molecular weight excluding hydrogens is 268 g/mol. The molecule has 0 aliphatic rings. The summed E-state index contributed by atoms with van der Waals surface area (Å²) in [5, 5.41) is 4.22. The Kier molecular flexibility index (Phi) is 3.49. The average molecular weight is 275 g/mol. The molecule has 0 atom stereocenters. The number of halogens is 3. The lowest BCUT2D eigenvalue weighted by Crippen LogP contribution is -1.95. The molecule has 0 amide bonds. The highest BCUT2D eigenvalue weighted by atomic mass is 35.5. The van der Waals surface area contributed by atoms with Gasteiger partial charge in [-0.05, 0) is 35.9 Å². The first-order valence-electron chi connectivity index (χ1n) is 4.36. The molecule has 0 unspecified atom stereocenters. The minimum atomic E-state index is 0.140. The first-order chi connectivity index (χ1) is 7.65. The Morgan fingerprint density at radius 3 is 2.38 bits per heavy atom. The number of hydrogen-bond donors (Lipinski definition) is 1. The van der Waals surface area contributed by atoms with Gasteiger partial charge in [0.05, 0.1) is 6.20 Å². The van der Waals surface area contributed by atoms with Gasteiger partial charge in [-0.15, -0.1) is 0 Å². The zero-order valence-corrected chi connectivity index (χ0v) is 10.2. The summed E-state index contributed by atoms with van der Waals surface area (Å²) in [6, 6.07) is 7.16. The van der Waals surface area contributed by atoms with E-state index in [-0.39, 0.29) is 5.28 Å². The maximum absolute atomic E-state index is 5.91. The predicted octanol–water partition coefficient (Wildman–Crippen LogP) is 4.18. The Hall–Kier alpha value is -1.03. The largest absolute Gasteiger partial charge is 0.339 e. The molecule has 16 heavy (non-hydrogen) atoms. The summed E-state index contributed by atoms with van der Waals surface area (Å²) in [7, 11) is 0. The summed E-state index contributed by atoms with van der Waals surface area (Å²) in [4.78, 5) is 7.73. The van der Waals surface area contributed by atoms with Crippen molar-refractivity contribution in [3.8, 4) is 0 Å². The molecule has 1 N–H and O–H groups in total. The van der Waals surface area contributed by atoms with Gasteiger partial charge in [0.2, 0.25) is 5.28 Å². The topological polar surface area (TPSA) is 37.8 Å². The molecule has 0 radical (unpaired) electrons. The van der Waals surface area contributed by atoms with Gasteiger partial charge in [0.15, 0.2) is 5.82 Å². The van der Waals surface area contributed by atoms with Crippen LogP contribution in [0.1, 0.15) is 0 Å². The fourth-order valence-corrected chi connectivity index (χ4v) is 1.50. The van der Waals surface area contributed by atoms with Gasteiger partial charge in [0.25, 0.3) is 0 Å². The quantitative estimate of drug-likeness (QED) is 0.835. The van der Waals surface area contributed by atoms with E-state index >= 15 is 0 Å². The molecule has 0 aliphatic heterocycles. The summed E-state index contributed by atoms with van der Waals surface area (Å²) >= 11 is 17.3. The Morgan fingerprint density at radius 2 is 1.69 bits per heavy atom. The smallest absolute Gasteiger partial charge is 0.224 e. The fourth-order valence-electron chi connectivity index (χ4n) is 1.10. The minimum Gasteiger partial charge on any atom is -0.339 e. The molecule has 0 saturated carbocycles. The van der Waals surface area contributed by atoms with Crippen molar-refractivity contribution < 1.29 is 0 Å². The standard InChI is InChI=1S/C10H6Cl3N3/c11-6-1-3-7(4-2-6)15-9-8(12)5-14-10(13)16-9/h1-5H,(H,14,15,16). The molecule has 2 rings (SSSR count). The van der Waals surface area contributed by atoms with E-state index in [0.29, 0.717) is 15.9 Å². The van der Waals surface area contributed by atoms with E-state index in [2.05, 4.69) is 15.3 Å². The second-order valence-corrected chi connectivity index (χ2v) is 4.15. The molecule has 1 aromatic carbocycles. The zero-order valence-electron chi connectivity index (χ0n) is 7.92. The number of rotatable bonds is 2. The van der Waals surface area contributed by atoms with E-state index in [9.17, 15) is 0 Å². The van der Waals surface area contributed by atoms with Crippen molar-refractivity contribution in [1.82, 2.24) is 9.97 Å². The predicted molar refractivity (Wildman–Crippen MR) is 66.8 cm³/mol. The van der Waals surface area contributed by atoms with E-state index in [1.54, 1.807) is 12.1 Å². The van der Waals surface area contributed by atoms with Gasteiger partial charge in [-0.1, -0.05) is 23.2 Å². The van der Waals surface area contributed by atoms with Crippen LogP contribution in [0.15, 0.2) is 30.5 Å². The fraction of sp³-hybridized carbons (Fsp3) is 0. The van der Waals surface area contributed by atoms with Crippen LogP contribution in [0.3, 0.4) is 0 Å². The lowest BCUT2D eigenvalue weighted by atomic mass is 10.3. The molecule has 82 valence electrons. The van der Waals surface area contributed by atoms with Crippen molar-refractivity contribution >= 4 is 46.3 Å². The molecule has 1 heterocycles. The molecular formula is C10H6Cl3N3. The van der Waals surface area contributed by atoms with Crippen molar-refractivity contribution in [2.24, 2.45) is 0 Å². The van der Waals surface area contributed by atoms with Crippen LogP contribution in [-0.4, -0.2) is 9.97 Å². The summed E-state index contributed by atoms with van der Waals surface area (Å²) in [6.07, 6.45) is 1.44. The van der Waals surface area contributed by atoms with E-state index < -0.39 is 0 Å². The molecule has 0 bridgehead atoms. The molecule has 0 fully saturated rings. The summed E-state index contributed by atoms with van der Waals surface area (Å²) in [6.45, 7) is 0. The van der Waals surface area contributed by atoms with Gasteiger partial charge in [-0.2, -0.15) is 4.98 Å². The first-order valence-corrected chi connectivity index (χ1v) is 5.49. The molecule has 1 aromatic heterocycles. The number of nitrogens with one attached hydrogen (secondary N) is 1. The highest BCUT2D eigenvalue weighted by Gasteiger charge is 2.04. The molecule has 0 saturated heterocycles. The number of aromatic nitrogens is 2. The second kappa shape index (κ2) is 4.87. The molecule has 2 aromatic rings. The van der Waals surface area contributed by atoms with Crippen molar-refractivity contribution in [3.63, 3.8) is 0 Å². The van der Waals surface area contributed by atoms with Crippen LogP contribution in [0, 0.1) is 0 Å². The Balaban J connectivity index is 2.26. The van der Waals surface area contributed by atoms with Crippen LogP contribution < -0.4 is 5.32 Å². The van der Waals surface area contributed by atoms with Gasteiger partial charge < -0.3 is 5.32 Å². The van der Waals surface area contributed by atoms with Crippen molar-refractivity contribution in [3.05, 3.63) is 45.8 Å². The summed E-state index contributed by atoms with van der Waals surface area (Å²) in [5.41, 5.74) is 0.820. The van der Waals surface area contributed by atoms with Crippen LogP contribution in [-0.2, 0) is 0 Å². The molecule has 3 nitrogen and oxygen atoms in total. The third-order valence-corrected chi connectivity index (χ3v) is 2.53. The van der Waals surface area contributed by atoms with Gasteiger partial charge in [-0.3, -0.25) is 0 Å². The average Bonchev–Trinajstić information content (AvgIpc) is 2.27. The van der Waals surface area contributed by atoms with Crippen LogP contribution >= 0.6 is 34.8 Å². The molecule has 0 aliphatic carbocycles. The number of nitrogens with zero attached hydrogens (tertiary/aromatic N) is 2. The monoisotopic (exact) mass is 273 g/mol. The molecule has 6 heteroatoms. The van der Waals surface area contributed by atoms with E-state index in [1.165, 1.54) is 6.20 Å². The maximum atomic E-state index is 5.91. The Labute approximate surface area is 107 Å². The van der Waals surface area contributed by atoms with Gasteiger partial charge in [0.1, 0.15) is 5.02 Å². The van der Waals surface area contributed by atoms with E-state index in [0.717, 1.165) is 5.69 Å².